The van der Waals surface area contributed by atoms with E-state index in [-0.39, 0.29) is 0 Å². The molecule has 4 heteroatoms. The van der Waals surface area contributed by atoms with E-state index >= 15 is 0 Å². The molecular formula is C16H22N4. The van der Waals surface area contributed by atoms with Crippen molar-refractivity contribution in [2.75, 3.05) is 6.54 Å². The summed E-state index contributed by atoms with van der Waals surface area (Å²) in [6.45, 7) is 4.22. The molecule has 1 aromatic heterocycles. The maximum absolute atomic E-state index is 4.28. The molecule has 4 nitrogen and oxygen atoms in total. The first-order chi connectivity index (χ1) is 9.77. The molecule has 0 saturated heterocycles. The molecule has 1 aliphatic rings. The summed E-state index contributed by atoms with van der Waals surface area (Å²) in [6, 6.07) is 10.2. The lowest BCUT2D eigenvalue weighted by Gasteiger charge is -2.23. The third kappa shape index (κ3) is 2.90. The van der Waals surface area contributed by atoms with Gasteiger partial charge in [0.1, 0.15) is 11.4 Å². The molecule has 1 heterocycles. The van der Waals surface area contributed by atoms with Crippen LogP contribution in [0.3, 0.4) is 0 Å². The van der Waals surface area contributed by atoms with Crippen LogP contribution >= 0.6 is 0 Å². The Morgan fingerprint density at radius 3 is 2.65 bits per heavy atom. The molecule has 1 aliphatic carbocycles. The number of hydrogen-bond acceptors (Lipinski definition) is 3. The molecule has 2 aromatic rings. The molecule has 0 bridgehead atoms. The summed E-state index contributed by atoms with van der Waals surface area (Å²) in [4.78, 5) is 0. The van der Waals surface area contributed by atoms with Crippen molar-refractivity contribution < 1.29 is 0 Å². The summed E-state index contributed by atoms with van der Waals surface area (Å²) >= 11 is 0. The van der Waals surface area contributed by atoms with E-state index in [0.717, 1.165) is 30.0 Å². The molecule has 0 spiro atoms. The zero-order valence-corrected chi connectivity index (χ0v) is 12.0. The molecule has 1 saturated carbocycles. The number of hydrogen-bond donors (Lipinski definition) is 2. The summed E-state index contributed by atoms with van der Waals surface area (Å²) in [7, 11) is 0. The van der Waals surface area contributed by atoms with Crippen molar-refractivity contribution in [3.63, 3.8) is 0 Å². The van der Waals surface area contributed by atoms with Crippen LogP contribution in [0.5, 0.6) is 0 Å². The van der Waals surface area contributed by atoms with Gasteiger partial charge in [0.25, 0.3) is 0 Å². The summed E-state index contributed by atoms with van der Waals surface area (Å²) in [5.74, 6) is 0. The highest BCUT2D eigenvalue weighted by Gasteiger charge is 2.28. The van der Waals surface area contributed by atoms with Crippen LogP contribution < -0.4 is 5.32 Å². The maximum Gasteiger partial charge on any atom is 0.117 e. The Morgan fingerprint density at radius 2 is 1.90 bits per heavy atom. The predicted octanol–water partition coefficient (Wildman–Crippen LogP) is 3.14. The Balaban J connectivity index is 1.63. The molecule has 3 rings (SSSR count). The molecule has 0 atom stereocenters. The van der Waals surface area contributed by atoms with E-state index in [1.807, 2.05) is 18.2 Å². The van der Waals surface area contributed by atoms with Crippen LogP contribution in [-0.2, 0) is 6.54 Å². The molecular weight excluding hydrogens is 248 g/mol. The van der Waals surface area contributed by atoms with E-state index in [9.17, 15) is 0 Å². The second kappa shape index (κ2) is 5.75. The molecule has 106 valence electrons. The summed E-state index contributed by atoms with van der Waals surface area (Å²) in [5, 5.41) is 14.9. The largest absolute Gasteiger partial charge is 0.310 e. The van der Waals surface area contributed by atoms with Gasteiger partial charge in [0.2, 0.25) is 0 Å². The highest BCUT2D eigenvalue weighted by atomic mass is 15.3. The number of nitrogens with one attached hydrogen (secondary N) is 2. The van der Waals surface area contributed by atoms with Gasteiger partial charge in [0.05, 0.1) is 0 Å². The first kappa shape index (κ1) is 13.3. The number of aromatic nitrogens is 3. The second-order valence-corrected chi connectivity index (χ2v) is 6.11. The Hall–Kier alpha value is -1.68. The van der Waals surface area contributed by atoms with Gasteiger partial charge in [-0.25, -0.2) is 0 Å². The van der Waals surface area contributed by atoms with Gasteiger partial charge in [-0.15, -0.1) is 0 Å². The number of benzene rings is 1. The van der Waals surface area contributed by atoms with Crippen LogP contribution in [0.2, 0.25) is 0 Å². The zero-order valence-electron chi connectivity index (χ0n) is 12.0. The summed E-state index contributed by atoms with van der Waals surface area (Å²) in [6.07, 6.45) is 5.42. The fourth-order valence-corrected chi connectivity index (χ4v) is 3.09. The van der Waals surface area contributed by atoms with E-state index in [2.05, 4.69) is 39.8 Å². The van der Waals surface area contributed by atoms with Crippen LogP contribution in [0.25, 0.3) is 11.3 Å². The van der Waals surface area contributed by atoms with Crippen LogP contribution in [0.1, 0.15) is 38.3 Å². The first-order valence-corrected chi connectivity index (χ1v) is 7.43. The number of rotatable bonds is 5. The minimum atomic E-state index is 0.469. The number of aromatic amines is 1. The highest BCUT2D eigenvalue weighted by molar-refractivity contribution is 5.60. The van der Waals surface area contributed by atoms with Crippen molar-refractivity contribution in [1.82, 2.24) is 20.7 Å². The lowest BCUT2D eigenvalue weighted by atomic mass is 9.89. The maximum atomic E-state index is 4.28. The molecule has 0 amide bonds. The Kier molecular flexibility index (Phi) is 3.83. The summed E-state index contributed by atoms with van der Waals surface area (Å²) < 4.78 is 0. The van der Waals surface area contributed by atoms with Gasteiger partial charge in [0, 0.05) is 18.7 Å². The van der Waals surface area contributed by atoms with Crippen molar-refractivity contribution in [3.05, 3.63) is 36.0 Å². The fourth-order valence-electron chi connectivity index (χ4n) is 3.09. The quantitative estimate of drug-likeness (QED) is 0.877. The van der Waals surface area contributed by atoms with E-state index in [1.165, 1.54) is 25.7 Å². The van der Waals surface area contributed by atoms with Crippen molar-refractivity contribution in [2.24, 2.45) is 5.41 Å². The average molecular weight is 270 g/mol. The lowest BCUT2D eigenvalue weighted by Crippen LogP contribution is -2.29. The van der Waals surface area contributed by atoms with Gasteiger partial charge >= 0.3 is 0 Å². The minimum Gasteiger partial charge on any atom is -0.310 e. The highest BCUT2D eigenvalue weighted by Crippen LogP contribution is 2.36. The Morgan fingerprint density at radius 1 is 1.15 bits per heavy atom. The van der Waals surface area contributed by atoms with E-state index in [4.69, 9.17) is 0 Å². The molecule has 20 heavy (non-hydrogen) atoms. The van der Waals surface area contributed by atoms with Crippen molar-refractivity contribution in [2.45, 2.75) is 39.2 Å². The Bertz CT molecular complexity index is 541. The lowest BCUT2D eigenvalue weighted by molar-refractivity contribution is 0.314. The van der Waals surface area contributed by atoms with Gasteiger partial charge in [-0.05, 0) is 18.3 Å². The van der Waals surface area contributed by atoms with Crippen LogP contribution in [0.15, 0.2) is 30.3 Å². The van der Waals surface area contributed by atoms with Crippen LogP contribution in [-0.4, -0.2) is 22.0 Å². The van der Waals surface area contributed by atoms with E-state index in [0.29, 0.717) is 5.41 Å². The van der Waals surface area contributed by atoms with Gasteiger partial charge in [-0.2, -0.15) is 15.4 Å². The average Bonchev–Trinajstić information content (AvgIpc) is 3.10. The van der Waals surface area contributed by atoms with Crippen molar-refractivity contribution in [1.29, 1.82) is 0 Å². The molecule has 1 aromatic carbocycles. The van der Waals surface area contributed by atoms with Crippen molar-refractivity contribution >= 4 is 0 Å². The number of H-pyrrole nitrogens is 1. The monoisotopic (exact) mass is 270 g/mol. The third-order valence-corrected chi connectivity index (χ3v) is 4.32. The predicted molar refractivity (Wildman–Crippen MR) is 80.1 cm³/mol. The number of nitrogens with zero attached hydrogens (tertiary/aromatic N) is 2. The SMILES string of the molecule is CC1(CNCc2n[nH]nc2-c2ccccc2)CCCC1. The molecule has 0 unspecified atom stereocenters. The molecule has 0 radical (unpaired) electrons. The summed E-state index contributed by atoms with van der Waals surface area (Å²) in [5.41, 5.74) is 3.54. The van der Waals surface area contributed by atoms with Crippen LogP contribution in [0.4, 0.5) is 0 Å². The minimum absolute atomic E-state index is 0.469. The van der Waals surface area contributed by atoms with Crippen LogP contribution in [0, 0.1) is 5.41 Å². The standard InChI is InChI=1S/C16H22N4/c1-16(9-5-6-10-16)12-17-11-14-15(19-20-18-14)13-7-3-2-4-8-13/h2-4,7-8,17H,5-6,9-12H2,1H3,(H,18,19,20). The van der Waals surface area contributed by atoms with E-state index < -0.39 is 0 Å². The third-order valence-electron chi connectivity index (χ3n) is 4.32. The zero-order chi connectivity index (χ0) is 13.8. The molecule has 1 fully saturated rings. The van der Waals surface area contributed by atoms with Gasteiger partial charge in [0.15, 0.2) is 0 Å². The molecule has 2 N–H and O–H groups in total. The molecule has 0 aliphatic heterocycles. The van der Waals surface area contributed by atoms with Gasteiger partial charge in [-0.1, -0.05) is 50.1 Å². The smallest absolute Gasteiger partial charge is 0.117 e. The van der Waals surface area contributed by atoms with Gasteiger partial charge < -0.3 is 5.32 Å². The van der Waals surface area contributed by atoms with Crippen molar-refractivity contribution in [3.8, 4) is 11.3 Å². The van der Waals surface area contributed by atoms with E-state index in [1.54, 1.807) is 0 Å². The second-order valence-electron chi connectivity index (χ2n) is 6.11. The fraction of sp³-hybridized carbons (Fsp3) is 0.500. The topological polar surface area (TPSA) is 53.6 Å². The normalized spacial score (nSPS) is 17.4. The Labute approximate surface area is 120 Å². The first-order valence-electron chi connectivity index (χ1n) is 7.43. The van der Waals surface area contributed by atoms with Gasteiger partial charge in [-0.3, -0.25) is 0 Å².